The Kier molecular flexibility index (Phi) is 4.72. The first kappa shape index (κ1) is 15.9. The molecule has 6 heteroatoms. The van der Waals surface area contributed by atoms with Crippen LogP contribution in [0.2, 0.25) is 0 Å². The van der Waals surface area contributed by atoms with Crippen LogP contribution in [0.4, 0.5) is 11.4 Å². The summed E-state index contributed by atoms with van der Waals surface area (Å²) in [5, 5.41) is 13.0. The van der Waals surface area contributed by atoms with Gasteiger partial charge in [-0.1, -0.05) is 30.4 Å². The zero-order chi connectivity index (χ0) is 16.2. The van der Waals surface area contributed by atoms with E-state index in [1.807, 2.05) is 6.92 Å². The third-order valence-electron chi connectivity index (χ3n) is 2.89. The fourth-order valence-electron chi connectivity index (χ4n) is 1.78. The Labute approximate surface area is 130 Å². The molecule has 5 nitrogen and oxygen atoms in total. The Morgan fingerprint density at radius 3 is 2.45 bits per heavy atom. The normalized spacial score (nSPS) is 11.0. The molecule has 0 aromatic heterocycles. The van der Waals surface area contributed by atoms with Gasteiger partial charge in [-0.05, 0) is 31.2 Å². The van der Waals surface area contributed by atoms with Crippen molar-refractivity contribution < 1.29 is 13.5 Å². The molecule has 2 aromatic rings. The third-order valence-corrected chi connectivity index (χ3v) is 4.27. The second-order valence-electron chi connectivity index (χ2n) is 4.96. The van der Waals surface area contributed by atoms with Crippen molar-refractivity contribution in [2.45, 2.75) is 11.8 Å². The van der Waals surface area contributed by atoms with Crippen molar-refractivity contribution in [1.29, 1.82) is 0 Å². The van der Waals surface area contributed by atoms with Gasteiger partial charge in [-0.3, -0.25) is 4.72 Å². The van der Waals surface area contributed by atoms with Gasteiger partial charge in [0, 0.05) is 18.3 Å². The molecule has 0 saturated heterocycles. The number of phenolic OH excluding ortho intramolecular Hbond substituents is 1. The van der Waals surface area contributed by atoms with Gasteiger partial charge in [-0.25, -0.2) is 8.42 Å². The maximum Gasteiger partial charge on any atom is 0.262 e. The monoisotopic (exact) mass is 318 g/mol. The smallest absolute Gasteiger partial charge is 0.262 e. The zero-order valence-corrected chi connectivity index (χ0v) is 13.0. The Hall–Kier alpha value is -2.47. The second-order valence-corrected chi connectivity index (χ2v) is 6.64. The van der Waals surface area contributed by atoms with Gasteiger partial charge in [-0.15, -0.1) is 0 Å². The topological polar surface area (TPSA) is 78.4 Å². The van der Waals surface area contributed by atoms with Crippen LogP contribution in [0.5, 0.6) is 5.75 Å². The lowest BCUT2D eigenvalue weighted by Crippen LogP contribution is -2.13. The standard InChI is InChI=1S/C16H18N2O3S/c1-12(2)11-17-13-8-9-15(16(19)10-13)18-22(20,21)14-6-4-3-5-7-14/h3-10,17-19H,1,11H2,2H3. The highest BCUT2D eigenvalue weighted by atomic mass is 32.2. The third kappa shape index (κ3) is 4.02. The summed E-state index contributed by atoms with van der Waals surface area (Å²) in [7, 11) is -3.72. The van der Waals surface area contributed by atoms with E-state index in [0.717, 1.165) is 5.57 Å². The van der Waals surface area contributed by atoms with Crippen molar-refractivity contribution in [2.24, 2.45) is 0 Å². The number of anilines is 2. The van der Waals surface area contributed by atoms with Crippen LogP contribution in [0.3, 0.4) is 0 Å². The number of phenols is 1. The number of rotatable bonds is 6. The first-order valence-corrected chi connectivity index (χ1v) is 8.16. The number of nitrogens with one attached hydrogen (secondary N) is 2. The number of hydrogen-bond acceptors (Lipinski definition) is 4. The molecule has 0 radical (unpaired) electrons. The van der Waals surface area contributed by atoms with E-state index >= 15 is 0 Å². The minimum absolute atomic E-state index is 0.129. The summed E-state index contributed by atoms with van der Waals surface area (Å²) in [6.45, 7) is 6.24. The Bertz CT molecular complexity index is 771. The molecule has 0 aliphatic carbocycles. The molecule has 2 rings (SSSR count). The lowest BCUT2D eigenvalue weighted by atomic mass is 10.2. The van der Waals surface area contributed by atoms with E-state index in [2.05, 4.69) is 16.6 Å². The van der Waals surface area contributed by atoms with E-state index in [1.165, 1.54) is 24.3 Å². The molecule has 0 saturated carbocycles. The molecule has 0 aliphatic heterocycles. The van der Waals surface area contributed by atoms with Crippen molar-refractivity contribution in [1.82, 2.24) is 0 Å². The van der Waals surface area contributed by atoms with Gasteiger partial charge in [0.1, 0.15) is 5.75 Å². The molecule has 3 N–H and O–H groups in total. The van der Waals surface area contributed by atoms with Gasteiger partial charge >= 0.3 is 0 Å². The first-order chi connectivity index (χ1) is 10.4. The molecule has 0 atom stereocenters. The molecular weight excluding hydrogens is 300 g/mol. The highest BCUT2D eigenvalue weighted by molar-refractivity contribution is 7.92. The van der Waals surface area contributed by atoms with Crippen LogP contribution in [0.25, 0.3) is 0 Å². The van der Waals surface area contributed by atoms with Crippen LogP contribution < -0.4 is 10.0 Å². The van der Waals surface area contributed by atoms with Crippen LogP contribution in [0.15, 0.2) is 65.6 Å². The maximum atomic E-state index is 12.2. The summed E-state index contributed by atoms with van der Waals surface area (Å²) in [5.41, 5.74) is 1.77. The SMILES string of the molecule is C=C(C)CNc1ccc(NS(=O)(=O)c2ccccc2)c(O)c1. The molecule has 0 unspecified atom stereocenters. The Balaban J connectivity index is 2.18. The largest absolute Gasteiger partial charge is 0.506 e. The molecule has 0 spiro atoms. The maximum absolute atomic E-state index is 12.2. The van der Waals surface area contributed by atoms with E-state index in [4.69, 9.17) is 0 Å². The van der Waals surface area contributed by atoms with Crippen molar-refractivity contribution in [3.63, 3.8) is 0 Å². The number of benzene rings is 2. The zero-order valence-electron chi connectivity index (χ0n) is 12.2. The van der Waals surface area contributed by atoms with Gasteiger partial charge in [0.05, 0.1) is 10.6 Å². The van der Waals surface area contributed by atoms with Gasteiger partial charge in [0.2, 0.25) is 0 Å². The van der Waals surface area contributed by atoms with Gasteiger partial charge in [0.25, 0.3) is 10.0 Å². The molecule has 0 bridgehead atoms. The quantitative estimate of drug-likeness (QED) is 0.564. The first-order valence-electron chi connectivity index (χ1n) is 6.67. The van der Waals surface area contributed by atoms with Crippen LogP contribution >= 0.6 is 0 Å². The van der Waals surface area contributed by atoms with E-state index in [0.29, 0.717) is 12.2 Å². The molecule has 116 valence electrons. The van der Waals surface area contributed by atoms with E-state index in [9.17, 15) is 13.5 Å². The molecule has 0 amide bonds. The summed E-state index contributed by atoms with van der Waals surface area (Å²) >= 11 is 0. The van der Waals surface area contributed by atoms with Gasteiger partial charge in [0.15, 0.2) is 0 Å². The average molecular weight is 318 g/mol. The molecule has 22 heavy (non-hydrogen) atoms. The predicted octanol–water partition coefficient (Wildman–Crippen LogP) is 3.18. The summed E-state index contributed by atoms with van der Waals surface area (Å²) in [4.78, 5) is 0.138. The fourth-order valence-corrected chi connectivity index (χ4v) is 2.88. The summed E-state index contributed by atoms with van der Waals surface area (Å²) < 4.78 is 26.8. The Morgan fingerprint density at radius 1 is 1.18 bits per heavy atom. The molecular formula is C16H18N2O3S. The minimum atomic E-state index is -3.72. The number of aromatic hydroxyl groups is 1. The minimum Gasteiger partial charge on any atom is -0.506 e. The van der Waals surface area contributed by atoms with Crippen LogP contribution in [0.1, 0.15) is 6.92 Å². The van der Waals surface area contributed by atoms with Crippen molar-refractivity contribution >= 4 is 21.4 Å². The summed E-state index contributed by atoms with van der Waals surface area (Å²) in [5.74, 6) is -0.147. The summed E-state index contributed by atoms with van der Waals surface area (Å²) in [6.07, 6.45) is 0. The van der Waals surface area contributed by atoms with Crippen molar-refractivity contribution in [2.75, 3.05) is 16.6 Å². The predicted molar refractivity (Wildman–Crippen MR) is 88.7 cm³/mol. The highest BCUT2D eigenvalue weighted by Gasteiger charge is 2.15. The van der Waals surface area contributed by atoms with Crippen molar-refractivity contribution in [3.05, 3.63) is 60.7 Å². The van der Waals surface area contributed by atoms with E-state index in [1.54, 1.807) is 24.3 Å². The fraction of sp³-hybridized carbons (Fsp3) is 0.125. The Morgan fingerprint density at radius 2 is 1.86 bits per heavy atom. The molecule has 0 heterocycles. The summed E-state index contributed by atoms with van der Waals surface area (Å²) in [6, 6.07) is 12.6. The average Bonchev–Trinajstić information content (AvgIpc) is 2.48. The highest BCUT2D eigenvalue weighted by Crippen LogP contribution is 2.28. The van der Waals surface area contributed by atoms with Crippen LogP contribution in [-0.4, -0.2) is 20.1 Å². The van der Waals surface area contributed by atoms with Crippen LogP contribution in [0, 0.1) is 0 Å². The molecule has 0 aliphatic rings. The van der Waals surface area contributed by atoms with E-state index in [-0.39, 0.29) is 16.3 Å². The van der Waals surface area contributed by atoms with Gasteiger partial charge < -0.3 is 10.4 Å². The number of hydrogen-bond donors (Lipinski definition) is 3. The lowest BCUT2D eigenvalue weighted by Gasteiger charge is -2.12. The van der Waals surface area contributed by atoms with Crippen LogP contribution in [-0.2, 0) is 10.0 Å². The molecule has 2 aromatic carbocycles. The van der Waals surface area contributed by atoms with E-state index < -0.39 is 10.0 Å². The lowest BCUT2D eigenvalue weighted by molar-refractivity contribution is 0.478. The molecule has 0 fully saturated rings. The van der Waals surface area contributed by atoms with Gasteiger partial charge in [-0.2, -0.15) is 0 Å². The number of sulfonamides is 1. The second kappa shape index (κ2) is 6.53. The van der Waals surface area contributed by atoms with Crippen molar-refractivity contribution in [3.8, 4) is 5.75 Å².